The number of quaternary nitrogens is 1. The van der Waals surface area contributed by atoms with E-state index in [1.807, 2.05) is 18.2 Å². The third kappa shape index (κ3) is 3.12. The lowest BCUT2D eigenvalue weighted by atomic mass is 9.84. The molecule has 7 nitrogen and oxygen atoms in total. The normalized spacial score (nSPS) is 34.1. The molecule has 160 valence electrons. The SMILES string of the molecule is O=C1CCC[N+]2([O-])C(CCN3CCN(c4cccc(Cl)c4)CC3)[N+](=O)C3=CC12CS3. The Morgan fingerprint density at radius 1 is 1.30 bits per heavy atom. The zero-order chi connectivity index (χ0) is 20.9. The van der Waals surface area contributed by atoms with Crippen LogP contribution in [0.4, 0.5) is 5.69 Å². The zero-order valence-electron chi connectivity index (χ0n) is 16.8. The number of carbonyl (C=O) groups excluding carboxylic acids is 1. The van der Waals surface area contributed by atoms with Gasteiger partial charge in [0.25, 0.3) is 5.03 Å². The van der Waals surface area contributed by atoms with Crippen LogP contribution < -0.4 is 4.90 Å². The highest BCUT2D eigenvalue weighted by atomic mass is 35.5. The molecule has 4 aliphatic rings. The number of rotatable bonds is 4. The Morgan fingerprint density at radius 3 is 2.87 bits per heavy atom. The van der Waals surface area contributed by atoms with Crippen molar-refractivity contribution in [1.29, 1.82) is 0 Å². The zero-order valence-corrected chi connectivity index (χ0v) is 18.4. The summed E-state index contributed by atoms with van der Waals surface area (Å²) >= 11 is 7.49. The molecule has 3 atom stereocenters. The first-order valence-corrected chi connectivity index (χ1v) is 12.0. The Labute approximate surface area is 185 Å². The standard InChI is InChI=1S/C21H26ClN4O3S/c22-16-3-1-4-17(13-16)24-10-8-23(9-11-24)7-6-19-25(28)20-14-21(15-30-20)18(27)5-2-12-26(19,21)29/h1,3-4,13-14,19H,2,5-12,15H2/q+1. The van der Waals surface area contributed by atoms with Gasteiger partial charge in [0.15, 0.2) is 11.3 Å². The van der Waals surface area contributed by atoms with Crippen molar-refractivity contribution >= 4 is 34.8 Å². The summed E-state index contributed by atoms with van der Waals surface area (Å²) in [4.78, 5) is 30.3. The van der Waals surface area contributed by atoms with Gasteiger partial charge in [-0.05, 0) is 30.0 Å². The molecule has 0 N–H and O–H groups in total. The van der Waals surface area contributed by atoms with Crippen molar-refractivity contribution in [3.63, 3.8) is 0 Å². The molecule has 1 spiro atoms. The lowest BCUT2D eigenvalue weighted by molar-refractivity contribution is -1.02. The highest BCUT2D eigenvalue weighted by molar-refractivity contribution is 8.03. The van der Waals surface area contributed by atoms with E-state index in [0.29, 0.717) is 43.1 Å². The number of anilines is 1. The number of hydrogen-bond acceptors (Lipinski definition) is 6. The van der Waals surface area contributed by atoms with Crippen LogP contribution >= 0.6 is 23.4 Å². The molecule has 4 aliphatic heterocycles. The Hall–Kier alpha value is -1.45. The first-order chi connectivity index (χ1) is 14.4. The summed E-state index contributed by atoms with van der Waals surface area (Å²) in [6.45, 7) is 4.55. The molecule has 2 bridgehead atoms. The van der Waals surface area contributed by atoms with Crippen LogP contribution in [0.2, 0.25) is 5.02 Å². The molecule has 0 amide bonds. The van der Waals surface area contributed by atoms with Gasteiger partial charge in [0.05, 0.1) is 29.6 Å². The summed E-state index contributed by atoms with van der Waals surface area (Å²) < 4.78 is 0.220. The highest BCUT2D eigenvalue weighted by Gasteiger charge is 2.68. The van der Waals surface area contributed by atoms with Gasteiger partial charge in [-0.15, -0.1) is 0 Å². The molecule has 0 aliphatic carbocycles. The minimum Gasteiger partial charge on any atom is -0.627 e. The average Bonchev–Trinajstić information content (AvgIpc) is 3.16. The van der Waals surface area contributed by atoms with Gasteiger partial charge in [-0.2, -0.15) is 0 Å². The first-order valence-electron chi connectivity index (χ1n) is 10.6. The molecule has 4 heterocycles. The number of ketones is 1. The number of nitroso groups, excluding NO2 is 1. The molecule has 5 rings (SSSR count). The number of halogens is 1. The molecule has 1 aromatic carbocycles. The number of nitrogens with zero attached hydrogens (tertiary/aromatic N) is 4. The lowest BCUT2D eigenvalue weighted by Crippen LogP contribution is -2.74. The van der Waals surface area contributed by atoms with E-state index in [1.54, 1.807) is 6.08 Å². The van der Waals surface area contributed by atoms with E-state index < -0.39 is 16.4 Å². The molecular weight excluding hydrogens is 424 g/mol. The van der Waals surface area contributed by atoms with Crippen LogP contribution in [0.25, 0.3) is 0 Å². The van der Waals surface area contributed by atoms with Crippen LogP contribution in [0.5, 0.6) is 0 Å². The number of Topliss-reactive ketones (excluding diaryl/α,β-unsaturated/α-hetero) is 1. The number of hydroxylamine groups is 3. The van der Waals surface area contributed by atoms with Crippen LogP contribution in [0.15, 0.2) is 35.4 Å². The maximum Gasteiger partial charge on any atom is 0.335 e. The van der Waals surface area contributed by atoms with Crippen LogP contribution in [0.3, 0.4) is 0 Å². The van der Waals surface area contributed by atoms with Gasteiger partial charge >= 0.3 is 6.17 Å². The van der Waals surface area contributed by atoms with Crippen molar-refractivity contribution in [1.82, 2.24) is 4.90 Å². The molecule has 30 heavy (non-hydrogen) atoms. The minimum atomic E-state index is -1.03. The fraction of sp³-hybridized carbons (Fsp3) is 0.571. The second-order valence-corrected chi connectivity index (χ2v) is 10.1. The third-order valence-electron chi connectivity index (χ3n) is 7.07. The van der Waals surface area contributed by atoms with E-state index in [1.165, 1.54) is 11.8 Å². The number of carbonyl (C=O) groups is 1. The molecular formula is C21H26ClN4O3S+. The van der Waals surface area contributed by atoms with E-state index in [2.05, 4.69) is 15.9 Å². The van der Waals surface area contributed by atoms with Crippen molar-refractivity contribution in [2.45, 2.75) is 31.0 Å². The molecule has 2 fully saturated rings. The Balaban J connectivity index is 1.25. The predicted molar refractivity (Wildman–Crippen MR) is 118 cm³/mol. The van der Waals surface area contributed by atoms with E-state index in [4.69, 9.17) is 11.6 Å². The quantitative estimate of drug-likeness (QED) is 0.400. The summed E-state index contributed by atoms with van der Waals surface area (Å²) in [7, 11) is 0. The number of piperazine rings is 1. The van der Waals surface area contributed by atoms with E-state index in [-0.39, 0.29) is 5.78 Å². The van der Waals surface area contributed by atoms with Crippen LogP contribution in [-0.4, -0.2) is 76.8 Å². The van der Waals surface area contributed by atoms with Gasteiger partial charge in [0.2, 0.25) is 0 Å². The Morgan fingerprint density at radius 2 is 2.10 bits per heavy atom. The van der Waals surface area contributed by atoms with E-state index in [9.17, 15) is 14.9 Å². The molecule has 2 saturated heterocycles. The van der Waals surface area contributed by atoms with E-state index in [0.717, 1.165) is 41.6 Å². The van der Waals surface area contributed by atoms with Crippen LogP contribution in [0.1, 0.15) is 19.3 Å². The monoisotopic (exact) mass is 449 g/mol. The second kappa shape index (κ2) is 7.60. The Kier molecular flexibility index (Phi) is 5.18. The summed E-state index contributed by atoms with van der Waals surface area (Å²) in [5.74, 6) is 0.428. The second-order valence-electron chi connectivity index (χ2n) is 8.65. The predicted octanol–water partition coefficient (Wildman–Crippen LogP) is 2.98. The minimum absolute atomic E-state index is 0.0134. The molecule has 3 unspecified atom stereocenters. The maximum atomic E-state index is 14.0. The van der Waals surface area contributed by atoms with Gasteiger partial charge in [-0.3, -0.25) is 14.3 Å². The van der Waals surface area contributed by atoms with Crippen molar-refractivity contribution in [3.8, 4) is 0 Å². The first kappa shape index (κ1) is 20.5. The topological polar surface area (TPSA) is 66.7 Å². The maximum absolute atomic E-state index is 14.0. The van der Waals surface area contributed by atoms with Crippen molar-refractivity contribution in [2.75, 3.05) is 49.9 Å². The van der Waals surface area contributed by atoms with Crippen molar-refractivity contribution in [3.05, 3.63) is 50.5 Å². The molecule has 1 aromatic rings. The van der Waals surface area contributed by atoms with Gasteiger partial charge in [-0.1, -0.05) is 17.7 Å². The molecule has 0 saturated carbocycles. The molecule has 9 heteroatoms. The molecule has 0 radical (unpaired) electrons. The van der Waals surface area contributed by atoms with Gasteiger partial charge < -0.3 is 10.1 Å². The fourth-order valence-electron chi connectivity index (χ4n) is 5.34. The lowest BCUT2D eigenvalue weighted by Gasteiger charge is -2.55. The van der Waals surface area contributed by atoms with Crippen molar-refractivity contribution < 1.29 is 14.2 Å². The number of hydrogen-bond donors (Lipinski definition) is 0. The smallest absolute Gasteiger partial charge is 0.335 e. The number of piperidine rings is 1. The van der Waals surface area contributed by atoms with Crippen LogP contribution in [-0.2, 0) is 4.79 Å². The third-order valence-corrected chi connectivity index (χ3v) is 8.49. The van der Waals surface area contributed by atoms with Crippen LogP contribution in [0, 0.1) is 10.1 Å². The Bertz CT molecular complexity index is 919. The number of thioether (sulfide) groups is 1. The largest absolute Gasteiger partial charge is 0.627 e. The van der Waals surface area contributed by atoms with Gasteiger partial charge in [0, 0.05) is 61.2 Å². The fourth-order valence-corrected chi connectivity index (χ4v) is 6.88. The molecule has 0 aromatic heterocycles. The highest BCUT2D eigenvalue weighted by Crippen LogP contribution is 2.51. The van der Waals surface area contributed by atoms with Gasteiger partial charge in [0.1, 0.15) is 0 Å². The van der Waals surface area contributed by atoms with Gasteiger partial charge in [-0.25, -0.2) is 0 Å². The summed E-state index contributed by atoms with van der Waals surface area (Å²) in [5.41, 5.74) is 0.0910. The van der Waals surface area contributed by atoms with E-state index >= 15 is 0 Å². The summed E-state index contributed by atoms with van der Waals surface area (Å²) in [5, 5.41) is 15.3. The summed E-state index contributed by atoms with van der Waals surface area (Å²) in [6.07, 6.45) is 2.45. The average molecular weight is 450 g/mol. The number of benzene rings is 1. The van der Waals surface area contributed by atoms with Crippen molar-refractivity contribution in [2.24, 2.45) is 0 Å². The summed E-state index contributed by atoms with van der Waals surface area (Å²) in [6, 6.07) is 7.89.